The Bertz CT molecular complexity index is 1210. The minimum atomic E-state index is -0.549. The van der Waals surface area contributed by atoms with Crippen molar-refractivity contribution in [2.45, 2.75) is 53.0 Å². The number of rotatable bonds is 6. The van der Waals surface area contributed by atoms with Gasteiger partial charge in [-0.1, -0.05) is 12.1 Å². The Morgan fingerprint density at radius 2 is 1.94 bits per heavy atom. The van der Waals surface area contributed by atoms with Crippen molar-refractivity contribution in [3.05, 3.63) is 46.0 Å². The van der Waals surface area contributed by atoms with Crippen molar-refractivity contribution < 1.29 is 19.1 Å². The predicted octanol–water partition coefficient (Wildman–Crippen LogP) is 4.66. The van der Waals surface area contributed by atoms with Gasteiger partial charge in [0.15, 0.2) is 5.69 Å². The number of benzene rings is 1. The summed E-state index contributed by atoms with van der Waals surface area (Å²) in [6, 6.07) is 7.56. The number of thiophene rings is 1. The molecule has 168 valence electrons. The van der Waals surface area contributed by atoms with Gasteiger partial charge in [-0.05, 0) is 62.8 Å². The monoisotopic (exact) mass is 453 g/mol. The summed E-state index contributed by atoms with van der Waals surface area (Å²) in [5.41, 5.74) is 3.58. The molecule has 2 N–H and O–H groups in total. The number of ether oxygens (including phenoxy) is 1. The van der Waals surface area contributed by atoms with E-state index >= 15 is 0 Å². The average Bonchev–Trinajstić information content (AvgIpc) is 3.23. The summed E-state index contributed by atoms with van der Waals surface area (Å²) in [4.78, 5) is 40.1. The molecule has 0 fully saturated rings. The van der Waals surface area contributed by atoms with Crippen LogP contribution < -0.4 is 10.6 Å². The summed E-state index contributed by atoms with van der Waals surface area (Å²) in [6.07, 6.45) is 4.04. The number of aryl methyl sites for hydroxylation is 3. The summed E-state index contributed by atoms with van der Waals surface area (Å²) in [5, 5.41) is 6.64. The van der Waals surface area contributed by atoms with Gasteiger partial charge in [-0.3, -0.25) is 9.59 Å². The lowest BCUT2D eigenvalue weighted by Gasteiger charge is -2.14. The highest BCUT2D eigenvalue weighted by Gasteiger charge is 2.31. The number of hydrogen-bond acceptors (Lipinski definition) is 5. The summed E-state index contributed by atoms with van der Waals surface area (Å²) in [6.45, 7) is 5.25. The maximum atomic E-state index is 13.0. The molecule has 0 saturated carbocycles. The zero-order chi connectivity index (χ0) is 22.8. The summed E-state index contributed by atoms with van der Waals surface area (Å²) in [5.74, 6) is -1.07. The van der Waals surface area contributed by atoms with Gasteiger partial charge in [0.2, 0.25) is 11.8 Å². The Labute approximate surface area is 190 Å². The van der Waals surface area contributed by atoms with E-state index in [2.05, 4.69) is 10.6 Å². The van der Waals surface area contributed by atoms with Crippen molar-refractivity contribution in [1.29, 1.82) is 0 Å². The van der Waals surface area contributed by atoms with Crippen LogP contribution in [0.5, 0.6) is 0 Å². The van der Waals surface area contributed by atoms with E-state index in [4.69, 9.17) is 4.74 Å². The molecule has 0 bridgehead atoms. The molecule has 0 aliphatic heterocycles. The van der Waals surface area contributed by atoms with Crippen LogP contribution in [0.25, 0.3) is 10.2 Å². The molecule has 7 nitrogen and oxygen atoms in total. The first-order chi connectivity index (χ1) is 15.4. The van der Waals surface area contributed by atoms with E-state index in [1.54, 1.807) is 22.8 Å². The van der Waals surface area contributed by atoms with E-state index in [1.165, 1.54) is 17.4 Å². The molecule has 32 heavy (non-hydrogen) atoms. The van der Waals surface area contributed by atoms with Crippen LogP contribution in [-0.2, 0) is 33.7 Å². The van der Waals surface area contributed by atoms with Crippen molar-refractivity contribution in [2.75, 3.05) is 17.2 Å². The topological polar surface area (TPSA) is 89.4 Å². The van der Waals surface area contributed by atoms with Gasteiger partial charge in [-0.2, -0.15) is 0 Å². The zero-order valence-corrected chi connectivity index (χ0v) is 19.4. The van der Waals surface area contributed by atoms with Crippen LogP contribution in [0, 0.1) is 6.92 Å². The summed E-state index contributed by atoms with van der Waals surface area (Å²) >= 11 is 1.60. The quantitative estimate of drug-likeness (QED) is 0.531. The van der Waals surface area contributed by atoms with Crippen molar-refractivity contribution in [3.8, 4) is 0 Å². The number of carbonyl (C=O) groups excluding carboxylic acids is 3. The SMILES string of the molecule is CCOC(=O)c1c(NC(C)=O)c2c3c(sc2n1CC(=O)Nc1cccc(C)c1)CCCC3. The first-order valence-electron chi connectivity index (χ1n) is 10.9. The van der Waals surface area contributed by atoms with Crippen LogP contribution in [0.2, 0.25) is 0 Å². The van der Waals surface area contributed by atoms with Gasteiger partial charge in [-0.15, -0.1) is 11.3 Å². The Morgan fingerprint density at radius 3 is 2.66 bits per heavy atom. The number of hydrogen-bond donors (Lipinski definition) is 2. The molecule has 1 aliphatic carbocycles. The van der Waals surface area contributed by atoms with E-state index < -0.39 is 5.97 Å². The number of carbonyl (C=O) groups is 3. The van der Waals surface area contributed by atoms with Crippen LogP contribution in [0.3, 0.4) is 0 Å². The minimum Gasteiger partial charge on any atom is -0.461 e. The normalized spacial score (nSPS) is 13.0. The molecule has 2 aromatic heterocycles. The maximum Gasteiger partial charge on any atom is 0.357 e. The smallest absolute Gasteiger partial charge is 0.357 e. The third-order valence-electron chi connectivity index (χ3n) is 5.53. The second kappa shape index (κ2) is 9.16. The van der Waals surface area contributed by atoms with Crippen LogP contribution >= 0.6 is 11.3 Å². The fourth-order valence-corrected chi connectivity index (χ4v) is 5.68. The van der Waals surface area contributed by atoms with Gasteiger partial charge in [0.25, 0.3) is 0 Å². The number of nitrogens with zero attached hydrogens (tertiary/aromatic N) is 1. The summed E-state index contributed by atoms with van der Waals surface area (Å²) < 4.78 is 7.01. The largest absolute Gasteiger partial charge is 0.461 e. The molecule has 0 atom stereocenters. The van der Waals surface area contributed by atoms with Gasteiger partial charge >= 0.3 is 5.97 Å². The predicted molar refractivity (Wildman–Crippen MR) is 127 cm³/mol. The van der Waals surface area contributed by atoms with Crippen LogP contribution in [0.4, 0.5) is 11.4 Å². The Morgan fingerprint density at radius 1 is 1.16 bits per heavy atom. The number of nitrogens with one attached hydrogen (secondary N) is 2. The van der Waals surface area contributed by atoms with E-state index in [0.29, 0.717) is 11.4 Å². The number of amides is 2. The number of fused-ring (bicyclic) bond motifs is 3. The molecule has 0 saturated heterocycles. The fraction of sp³-hybridized carbons (Fsp3) is 0.375. The molecule has 0 spiro atoms. The molecule has 8 heteroatoms. The molecule has 2 amide bonds. The Balaban J connectivity index is 1.82. The van der Waals surface area contributed by atoms with Crippen LogP contribution in [-0.4, -0.2) is 29.0 Å². The second-order valence-corrected chi connectivity index (χ2v) is 9.10. The molecule has 3 aromatic rings. The lowest BCUT2D eigenvalue weighted by molar-refractivity contribution is -0.116. The molecule has 1 aliphatic rings. The standard InChI is InChI=1S/C24H27N3O4S/c1-4-31-24(30)22-21(25-15(3)28)20-17-10-5-6-11-18(17)32-23(20)27(22)13-19(29)26-16-9-7-8-14(2)12-16/h7-9,12H,4-6,10-11,13H2,1-3H3,(H,25,28)(H,26,29). The highest BCUT2D eigenvalue weighted by molar-refractivity contribution is 7.19. The minimum absolute atomic E-state index is 0.0580. The first kappa shape index (κ1) is 22.1. The lowest BCUT2D eigenvalue weighted by atomic mass is 9.96. The van der Waals surface area contributed by atoms with Crippen molar-refractivity contribution in [2.24, 2.45) is 0 Å². The number of esters is 1. The summed E-state index contributed by atoms with van der Waals surface area (Å²) in [7, 11) is 0. The number of aromatic nitrogens is 1. The van der Waals surface area contributed by atoms with Crippen molar-refractivity contribution >= 4 is 50.7 Å². The second-order valence-electron chi connectivity index (χ2n) is 8.02. The van der Waals surface area contributed by atoms with Gasteiger partial charge in [-0.25, -0.2) is 4.79 Å². The van der Waals surface area contributed by atoms with Crippen LogP contribution in [0.15, 0.2) is 24.3 Å². The van der Waals surface area contributed by atoms with E-state index in [0.717, 1.165) is 41.5 Å². The van der Waals surface area contributed by atoms with Crippen molar-refractivity contribution in [3.63, 3.8) is 0 Å². The third-order valence-corrected chi connectivity index (χ3v) is 6.84. The van der Waals surface area contributed by atoms with Crippen molar-refractivity contribution in [1.82, 2.24) is 4.57 Å². The molecule has 2 heterocycles. The van der Waals surface area contributed by atoms with E-state index in [9.17, 15) is 14.4 Å². The molecule has 1 aromatic carbocycles. The third kappa shape index (κ3) is 4.27. The van der Waals surface area contributed by atoms with Gasteiger partial charge in [0.1, 0.15) is 11.4 Å². The zero-order valence-electron chi connectivity index (χ0n) is 18.5. The fourth-order valence-electron chi connectivity index (χ4n) is 4.28. The molecule has 0 unspecified atom stereocenters. The molecular weight excluding hydrogens is 426 g/mol. The number of anilines is 2. The Hall–Kier alpha value is -3.13. The maximum absolute atomic E-state index is 13.0. The highest BCUT2D eigenvalue weighted by Crippen LogP contribution is 2.44. The van der Waals surface area contributed by atoms with Gasteiger partial charge in [0.05, 0.1) is 12.3 Å². The molecular formula is C24H27N3O4S. The van der Waals surface area contributed by atoms with Crippen LogP contribution in [0.1, 0.15) is 53.2 Å². The van der Waals surface area contributed by atoms with Gasteiger partial charge in [0, 0.05) is 22.9 Å². The van der Waals surface area contributed by atoms with E-state index in [-0.39, 0.29) is 30.7 Å². The first-order valence-corrected chi connectivity index (χ1v) is 11.7. The highest BCUT2D eigenvalue weighted by atomic mass is 32.1. The molecule has 0 radical (unpaired) electrons. The lowest BCUT2D eigenvalue weighted by Crippen LogP contribution is -2.23. The molecule has 4 rings (SSSR count). The average molecular weight is 454 g/mol. The van der Waals surface area contributed by atoms with Gasteiger partial charge < -0.3 is 19.9 Å². The van der Waals surface area contributed by atoms with E-state index in [1.807, 2.05) is 31.2 Å². The Kier molecular flexibility index (Phi) is 6.32.